The minimum atomic E-state index is -0.487. The topological polar surface area (TPSA) is 89.6 Å². The van der Waals surface area contributed by atoms with Crippen LogP contribution >= 0.6 is 0 Å². The van der Waals surface area contributed by atoms with Crippen molar-refractivity contribution < 1.29 is 19.4 Å². The molecule has 130 valence electrons. The number of benzene rings is 2. The lowest BCUT2D eigenvalue weighted by molar-refractivity contribution is 0.0974. The number of hydrogen-bond donors (Lipinski definition) is 2. The highest BCUT2D eigenvalue weighted by atomic mass is 16.5. The molecule has 2 aromatic rings. The van der Waals surface area contributed by atoms with Crippen LogP contribution in [0.4, 0.5) is 5.69 Å². The fourth-order valence-electron chi connectivity index (χ4n) is 4.06. The van der Waals surface area contributed by atoms with Gasteiger partial charge in [-0.2, -0.15) is 0 Å². The summed E-state index contributed by atoms with van der Waals surface area (Å²) in [5.74, 6) is 1.64. The van der Waals surface area contributed by atoms with Gasteiger partial charge in [-0.05, 0) is 48.9 Å². The number of ketones is 2. The van der Waals surface area contributed by atoms with Gasteiger partial charge in [0, 0.05) is 11.3 Å². The summed E-state index contributed by atoms with van der Waals surface area (Å²) >= 11 is 0. The maximum Gasteiger partial charge on any atom is 0.200 e. The van der Waals surface area contributed by atoms with E-state index in [4.69, 9.17) is 16.9 Å². The molecule has 2 aliphatic carbocycles. The van der Waals surface area contributed by atoms with Crippen molar-refractivity contribution in [3.63, 3.8) is 0 Å². The molecule has 0 saturated carbocycles. The molecule has 5 nitrogen and oxygen atoms in total. The van der Waals surface area contributed by atoms with Gasteiger partial charge in [-0.25, -0.2) is 0 Å². The Morgan fingerprint density at radius 3 is 2.35 bits per heavy atom. The first kappa shape index (κ1) is 16.2. The van der Waals surface area contributed by atoms with Gasteiger partial charge in [-0.15, -0.1) is 6.42 Å². The van der Waals surface area contributed by atoms with E-state index in [1.807, 2.05) is 0 Å². The van der Waals surface area contributed by atoms with Gasteiger partial charge in [0.1, 0.15) is 11.5 Å². The van der Waals surface area contributed by atoms with E-state index in [0.717, 1.165) is 18.4 Å². The molecule has 0 fully saturated rings. The van der Waals surface area contributed by atoms with Crippen LogP contribution in [-0.4, -0.2) is 23.8 Å². The van der Waals surface area contributed by atoms with Crippen LogP contribution in [0.25, 0.3) is 0 Å². The predicted octanol–water partition coefficient (Wildman–Crippen LogP) is 2.62. The second-order valence-corrected chi connectivity index (χ2v) is 6.54. The Morgan fingerprint density at radius 1 is 1.04 bits per heavy atom. The lowest BCUT2D eigenvalue weighted by Gasteiger charge is -2.27. The number of ether oxygens (including phenoxy) is 1. The van der Waals surface area contributed by atoms with E-state index < -0.39 is 11.6 Å². The number of carbonyl (C=O) groups is 2. The second-order valence-electron chi connectivity index (χ2n) is 6.54. The number of hydrogen-bond acceptors (Lipinski definition) is 5. The number of terminal acetylenes is 1. The average molecular weight is 347 g/mol. The fraction of sp³-hybridized carbons (Fsp3) is 0.238. The van der Waals surface area contributed by atoms with Crippen LogP contribution < -0.4 is 10.5 Å². The van der Waals surface area contributed by atoms with Crippen LogP contribution in [0.15, 0.2) is 12.1 Å². The Labute approximate surface area is 150 Å². The number of anilines is 1. The van der Waals surface area contributed by atoms with Crippen molar-refractivity contribution in [2.75, 3.05) is 12.8 Å². The molecule has 0 saturated heterocycles. The second kappa shape index (κ2) is 5.63. The van der Waals surface area contributed by atoms with Crippen LogP contribution in [0.1, 0.15) is 61.4 Å². The molecule has 0 bridgehead atoms. The molecule has 0 radical (unpaired) electrons. The quantitative estimate of drug-likeness (QED) is 0.401. The van der Waals surface area contributed by atoms with Crippen LogP contribution in [0, 0.1) is 12.3 Å². The van der Waals surface area contributed by atoms with E-state index in [0.29, 0.717) is 24.0 Å². The summed E-state index contributed by atoms with van der Waals surface area (Å²) in [6.07, 6.45) is 8.67. The van der Waals surface area contributed by atoms with Crippen LogP contribution in [0.5, 0.6) is 11.5 Å². The monoisotopic (exact) mass is 347 g/mol. The molecule has 0 aromatic heterocycles. The van der Waals surface area contributed by atoms with E-state index in [1.165, 1.54) is 7.11 Å². The van der Waals surface area contributed by atoms with Crippen molar-refractivity contribution in [3.8, 4) is 23.8 Å². The highest BCUT2D eigenvalue weighted by Gasteiger charge is 2.40. The molecule has 2 aromatic carbocycles. The highest BCUT2D eigenvalue weighted by molar-refractivity contribution is 6.32. The van der Waals surface area contributed by atoms with Crippen molar-refractivity contribution in [2.24, 2.45) is 0 Å². The first-order valence-corrected chi connectivity index (χ1v) is 8.44. The molecular weight excluding hydrogens is 330 g/mol. The van der Waals surface area contributed by atoms with Crippen molar-refractivity contribution in [2.45, 2.75) is 25.7 Å². The van der Waals surface area contributed by atoms with E-state index in [2.05, 4.69) is 5.92 Å². The number of carbonyl (C=O) groups excluding carboxylic acids is 2. The molecule has 4 rings (SSSR count). The summed E-state index contributed by atoms with van der Waals surface area (Å²) in [4.78, 5) is 26.5. The van der Waals surface area contributed by atoms with Crippen molar-refractivity contribution in [3.05, 3.63) is 51.1 Å². The Balaban J connectivity index is 2.12. The zero-order valence-electron chi connectivity index (χ0n) is 14.3. The zero-order valence-corrected chi connectivity index (χ0v) is 14.3. The number of fused-ring (bicyclic) bond motifs is 3. The number of phenols is 1. The SMILES string of the molecule is C#Cc1ccc(OC)c2c1C(=O)c1c(O)c3c(c(N)c1C2=O)CCCC3. The Morgan fingerprint density at radius 2 is 1.69 bits per heavy atom. The number of nitrogen functional groups attached to an aromatic ring is 1. The number of methoxy groups -OCH3 is 1. The van der Waals surface area contributed by atoms with Crippen LogP contribution in [0.3, 0.4) is 0 Å². The fourth-order valence-corrected chi connectivity index (χ4v) is 4.06. The minimum Gasteiger partial charge on any atom is -0.507 e. The minimum absolute atomic E-state index is 0.0367. The maximum atomic E-state index is 13.3. The van der Waals surface area contributed by atoms with Gasteiger partial charge in [-0.3, -0.25) is 9.59 Å². The first-order chi connectivity index (χ1) is 12.5. The molecule has 0 unspecified atom stereocenters. The van der Waals surface area contributed by atoms with Gasteiger partial charge in [0.05, 0.1) is 29.4 Å². The van der Waals surface area contributed by atoms with Crippen LogP contribution in [0.2, 0.25) is 0 Å². The third kappa shape index (κ3) is 1.93. The number of nitrogens with two attached hydrogens (primary N) is 1. The van der Waals surface area contributed by atoms with E-state index in [-0.39, 0.29) is 39.4 Å². The molecule has 5 heteroatoms. The Bertz CT molecular complexity index is 1040. The van der Waals surface area contributed by atoms with E-state index in [9.17, 15) is 14.7 Å². The summed E-state index contributed by atoms with van der Waals surface area (Å²) in [5, 5.41) is 10.8. The molecule has 26 heavy (non-hydrogen) atoms. The number of phenolic OH excluding ortho intramolecular Hbond substituents is 1. The zero-order chi connectivity index (χ0) is 18.6. The molecule has 0 spiro atoms. The third-order valence-electron chi connectivity index (χ3n) is 5.29. The normalized spacial score (nSPS) is 14.9. The number of aromatic hydroxyl groups is 1. The Kier molecular flexibility index (Phi) is 3.52. The lowest BCUT2D eigenvalue weighted by Crippen LogP contribution is -2.26. The standard InChI is InChI=1S/C21H17NO4/c1-3-10-8-9-13(26-2)15-14(10)20(24)17-16(21(15)25)18(22)11-6-4-5-7-12(11)19(17)23/h1,8-9,23H,4-7,22H2,2H3. The molecule has 0 aliphatic heterocycles. The van der Waals surface area contributed by atoms with Gasteiger partial charge in [0.15, 0.2) is 5.78 Å². The smallest absolute Gasteiger partial charge is 0.200 e. The predicted molar refractivity (Wildman–Crippen MR) is 97.0 cm³/mol. The van der Waals surface area contributed by atoms with Crippen molar-refractivity contribution in [1.82, 2.24) is 0 Å². The maximum absolute atomic E-state index is 13.3. The summed E-state index contributed by atoms with van der Waals surface area (Å²) in [7, 11) is 1.42. The molecule has 0 atom stereocenters. The summed E-state index contributed by atoms with van der Waals surface area (Å²) in [6.45, 7) is 0. The third-order valence-corrected chi connectivity index (χ3v) is 5.29. The molecule has 2 aliphatic rings. The van der Waals surface area contributed by atoms with Gasteiger partial charge >= 0.3 is 0 Å². The lowest BCUT2D eigenvalue weighted by atomic mass is 9.76. The molecule has 3 N–H and O–H groups in total. The van der Waals surface area contributed by atoms with Crippen LogP contribution in [-0.2, 0) is 12.8 Å². The number of rotatable bonds is 1. The van der Waals surface area contributed by atoms with Gasteiger partial charge < -0.3 is 15.6 Å². The molecule has 0 amide bonds. The molecular formula is C21H17NO4. The summed E-state index contributed by atoms with van der Waals surface area (Å²) in [6, 6.07) is 3.13. The first-order valence-electron chi connectivity index (χ1n) is 8.44. The van der Waals surface area contributed by atoms with Crippen molar-refractivity contribution >= 4 is 17.3 Å². The van der Waals surface area contributed by atoms with Gasteiger partial charge in [0.25, 0.3) is 0 Å². The van der Waals surface area contributed by atoms with Crippen molar-refractivity contribution in [1.29, 1.82) is 0 Å². The summed E-state index contributed by atoms with van der Waals surface area (Å²) in [5.41, 5.74) is 8.54. The largest absolute Gasteiger partial charge is 0.507 e. The summed E-state index contributed by atoms with van der Waals surface area (Å²) < 4.78 is 5.28. The van der Waals surface area contributed by atoms with Gasteiger partial charge in [0.2, 0.25) is 5.78 Å². The highest BCUT2D eigenvalue weighted by Crippen LogP contribution is 2.45. The average Bonchev–Trinajstić information content (AvgIpc) is 2.67. The Hall–Kier alpha value is -3.26. The van der Waals surface area contributed by atoms with Gasteiger partial charge in [-0.1, -0.05) is 5.92 Å². The van der Waals surface area contributed by atoms with E-state index >= 15 is 0 Å². The molecule has 0 heterocycles. The van der Waals surface area contributed by atoms with E-state index in [1.54, 1.807) is 12.1 Å².